The molecule has 0 radical (unpaired) electrons. The van der Waals surface area contributed by atoms with Gasteiger partial charge in [-0.2, -0.15) is 0 Å². The van der Waals surface area contributed by atoms with Crippen LogP contribution in [0.2, 0.25) is 0 Å². The van der Waals surface area contributed by atoms with Crippen molar-refractivity contribution in [2.24, 2.45) is 23.0 Å². The van der Waals surface area contributed by atoms with Crippen molar-refractivity contribution in [3.8, 4) is 0 Å². The van der Waals surface area contributed by atoms with Gasteiger partial charge in [-0.1, -0.05) is 20.8 Å². The van der Waals surface area contributed by atoms with E-state index in [-0.39, 0.29) is 0 Å². The van der Waals surface area contributed by atoms with Gasteiger partial charge in [0.05, 0.1) is 0 Å². The number of rotatable bonds is 1. The molecule has 0 aliphatic heterocycles. The van der Waals surface area contributed by atoms with E-state index in [2.05, 4.69) is 20.8 Å². The van der Waals surface area contributed by atoms with Crippen LogP contribution in [0.4, 0.5) is 0 Å². The Bertz CT molecular complexity index is 133. The zero-order valence-corrected chi connectivity index (χ0v) is 8.06. The quantitative estimate of drug-likeness (QED) is 0.618. The van der Waals surface area contributed by atoms with E-state index in [1.165, 1.54) is 19.3 Å². The van der Waals surface area contributed by atoms with Gasteiger partial charge >= 0.3 is 0 Å². The van der Waals surface area contributed by atoms with Gasteiger partial charge < -0.3 is 5.73 Å². The molecule has 0 amide bonds. The van der Waals surface area contributed by atoms with Crippen molar-refractivity contribution in [1.82, 2.24) is 0 Å². The summed E-state index contributed by atoms with van der Waals surface area (Å²) in [7, 11) is 0. The molecule has 0 aromatic heterocycles. The van der Waals surface area contributed by atoms with Gasteiger partial charge in [0.25, 0.3) is 0 Å². The molecule has 1 aliphatic rings. The molecule has 0 unspecified atom stereocenters. The first kappa shape index (κ1) is 9.05. The minimum atomic E-state index is 0.450. The molecule has 1 nitrogen and oxygen atoms in total. The van der Waals surface area contributed by atoms with Crippen molar-refractivity contribution in [2.45, 2.75) is 40.0 Å². The molecule has 1 rings (SSSR count). The summed E-state index contributed by atoms with van der Waals surface area (Å²) in [5.41, 5.74) is 6.20. The van der Waals surface area contributed by atoms with Gasteiger partial charge in [-0.3, -0.25) is 0 Å². The number of nitrogens with two attached hydrogens (primary N) is 1. The minimum Gasteiger partial charge on any atom is -0.330 e. The maximum atomic E-state index is 5.75. The standard InChI is InChI=1S/C10H21N/c1-8-4-5-10(3,7-11)6-9(8)2/h8-9H,4-7,11H2,1-3H3/t8-,9+,10+/m1/s1. The highest BCUT2D eigenvalue weighted by Gasteiger charge is 2.32. The third-order valence-corrected chi connectivity index (χ3v) is 3.48. The molecule has 0 aromatic carbocycles. The fourth-order valence-corrected chi connectivity index (χ4v) is 2.13. The van der Waals surface area contributed by atoms with Gasteiger partial charge in [0.15, 0.2) is 0 Å². The van der Waals surface area contributed by atoms with E-state index in [9.17, 15) is 0 Å². The van der Waals surface area contributed by atoms with Gasteiger partial charge in [-0.25, -0.2) is 0 Å². The third-order valence-electron chi connectivity index (χ3n) is 3.48. The van der Waals surface area contributed by atoms with E-state index >= 15 is 0 Å². The van der Waals surface area contributed by atoms with E-state index < -0.39 is 0 Å². The molecule has 1 fully saturated rings. The second kappa shape index (κ2) is 3.14. The van der Waals surface area contributed by atoms with Crippen molar-refractivity contribution in [3.05, 3.63) is 0 Å². The second-order valence-electron chi connectivity index (χ2n) is 4.71. The summed E-state index contributed by atoms with van der Waals surface area (Å²) in [5.74, 6) is 1.78. The highest BCUT2D eigenvalue weighted by molar-refractivity contribution is 4.84. The predicted molar refractivity (Wildman–Crippen MR) is 49.3 cm³/mol. The molecule has 0 bridgehead atoms. The molecular weight excluding hydrogens is 134 g/mol. The molecule has 0 saturated heterocycles. The number of hydrogen-bond acceptors (Lipinski definition) is 1. The lowest BCUT2D eigenvalue weighted by molar-refractivity contribution is 0.129. The van der Waals surface area contributed by atoms with Crippen molar-refractivity contribution in [3.63, 3.8) is 0 Å². The normalized spacial score (nSPS) is 45.8. The largest absolute Gasteiger partial charge is 0.330 e. The van der Waals surface area contributed by atoms with E-state index in [0.717, 1.165) is 18.4 Å². The van der Waals surface area contributed by atoms with Gasteiger partial charge in [-0.15, -0.1) is 0 Å². The highest BCUT2D eigenvalue weighted by atomic mass is 14.6. The summed E-state index contributed by atoms with van der Waals surface area (Å²) in [6.07, 6.45) is 4.02. The molecule has 2 N–H and O–H groups in total. The Morgan fingerprint density at radius 1 is 1.36 bits per heavy atom. The molecule has 1 saturated carbocycles. The topological polar surface area (TPSA) is 26.0 Å². The Morgan fingerprint density at radius 3 is 2.45 bits per heavy atom. The Labute approximate surface area is 70.4 Å². The Hall–Kier alpha value is -0.0400. The Balaban J connectivity index is 2.51. The molecule has 66 valence electrons. The van der Waals surface area contributed by atoms with Crippen LogP contribution in [0.1, 0.15) is 40.0 Å². The summed E-state index contributed by atoms with van der Waals surface area (Å²) in [6, 6.07) is 0. The van der Waals surface area contributed by atoms with Gasteiger partial charge in [0.2, 0.25) is 0 Å². The van der Waals surface area contributed by atoms with Crippen LogP contribution >= 0.6 is 0 Å². The van der Waals surface area contributed by atoms with E-state index in [1.54, 1.807) is 0 Å². The molecule has 0 aromatic rings. The van der Waals surface area contributed by atoms with Crippen LogP contribution in [0.15, 0.2) is 0 Å². The summed E-state index contributed by atoms with van der Waals surface area (Å²) in [6.45, 7) is 7.91. The molecule has 1 heteroatoms. The van der Waals surface area contributed by atoms with Crippen LogP contribution < -0.4 is 5.73 Å². The monoisotopic (exact) mass is 155 g/mol. The highest BCUT2D eigenvalue weighted by Crippen LogP contribution is 2.40. The molecule has 3 atom stereocenters. The molecule has 0 spiro atoms. The fraction of sp³-hybridized carbons (Fsp3) is 1.00. The van der Waals surface area contributed by atoms with Crippen molar-refractivity contribution >= 4 is 0 Å². The molecule has 1 aliphatic carbocycles. The van der Waals surface area contributed by atoms with Crippen LogP contribution in [-0.4, -0.2) is 6.54 Å². The summed E-state index contributed by atoms with van der Waals surface area (Å²) in [4.78, 5) is 0. The van der Waals surface area contributed by atoms with Gasteiger partial charge in [0, 0.05) is 0 Å². The van der Waals surface area contributed by atoms with Crippen LogP contribution in [0.3, 0.4) is 0 Å². The van der Waals surface area contributed by atoms with E-state index in [0.29, 0.717) is 5.41 Å². The summed E-state index contributed by atoms with van der Waals surface area (Å²) >= 11 is 0. The first-order chi connectivity index (χ1) is 5.07. The van der Waals surface area contributed by atoms with Crippen molar-refractivity contribution in [1.29, 1.82) is 0 Å². The first-order valence-electron chi connectivity index (χ1n) is 4.77. The van der Waals surface area contributed by atoms with Crippen molar-refractivity contribution < 1.29 is 0 Å². The lowest BCUT2D eigenvalue weighted by Gasteiger charge is -2.39. The third kappa shape index (κ3) is 1.96. The molecular formula is C10H21N. The Morgan fingerprint density at radius 2 is 2.00 bits per heavy atom. The summed E-state index contributed by atoms with van der Waals surface area (Å²) < 4.78 is 0. The maximum Gasteiger partial charge on any atom is -0.00231 e. The molecule has 0 heterocycles. The summed E-state index contributed by atoms with van der Waals surface area (Å²) in [5, 5.41) is 0. The predicted octanol–water partition coefficient (Wildman–Crippen LogP) is 2.41. The molecule has 11 heavy (non-hydrogen) atoms. The van der Waals surface area contributed by atoms with E-state index in [1.807, 2.05) is 0 Å². The lowest BCUT2D eigenvalue weighted by Crippen LogP contribution is -2.35. The number of hydrogen-bond donors (Lipinski definition) is 1. The fourth-order valence-electron chi connectivity index (χ4n) is 2.13. The average Bonchev–Trinajstić information content (AvgIpc) is 1.98. The zero-order chi connectivity index (χ0) is 8.48. The van der Waals surface area contributed by atoms with E-state index in [4.69, 9.17) is 5.73 Å². The van der Waals surface area contributed by atoms with Crippen LogP contribution in [0.5, 0.6) is 0 Å². The maximum absolute atomic E-state index is 5.75. The van der Waals surface area contributed by atoms with Crippen LogP contribution in [0, 0.1) is 17.3 Å². The smallest absolute Gasteiger partial charge is 0.00231 e. The Kier molecular flexibility index (Phi) is 2.58. The zero-order valence-electron chi connectivity index (χ0n) is 8.06. The van der Waals surface area contributed by atoms with Crippen molar-refractivity contribution in [2.75, 3.05) is 6.54 Å². The van der Waals surface area contributed by atoms with Crippen LogP contribution in [0.25, 0.3) is 0 Å². The first-order valence-corrected chi connectivity index (χ1v) is 4.77. The van der Waals surface area contributed by atoms with Gasteiger partial charge in [0.1, 0.15) is 0 Å². The second-order valence-corrected chi connectivity index (χ2v) is 4.71. The minimum absolute atomic E-state index is 0.450. The van der Waals surface area contributed by atoms with Crippen LogP contribution in [-0.2, 0) is 0 Å². The average molecular weight is 155 g/mol. The lowest BCUT2D eigenvalue weighted by atomic mass is 9.67. The SMILES string of the molecule is C[C@@H]1CC[C@](C)(CN)C[C@@H]1C. The van der Waals surface area contributed by atoms with Gasteiger partial charge in [-0.05, 0) is 43.1 Å².